The largest absolute Gasteiger partial charge is 0.313 e. The summed E-state index contributed by atoms with van der Waals surface area (Å²) in [4.78, 5) is 0. The maximum Gasteiger partial charge on any atom is 0.00644 e. The van der Waals surface area contributed by atoms with Crippen molar-refractivity contribution in [1.29, 1.82) is 0 Å². The number of hydrogen-bond acceptors (Lipinski definition) is 1. The lowest BCUT2D eigenvalue weighted by Gasteiger charge is -2.40. The molecule has 1 saturated carbocycles. The normalized spacial score (nSPS) is 24.9. The molecule has 0 aromatic carbocycles. The van der Waals surface area contributed by atoms with Crippen LogP contribution in [0, 0.1) is 11.3 Å². The molecule has 0 aliphatic heterocycles. The fraction of sp³-hybridized carbons (Fsp3) is 1.00. The van der Waals surface area contributed by atoms with E-state index in [2.05, 4.69) is 33.0 Å². The molecule has 1 aliphatic rings. The first-order valence-corrected chi connectivity index (χ1v) is 5.81. The Morgan fingerprint density at radius 3 is 2.31 bits per heavy atom. The van der Waals surface area contributed by atoms with Crippen molar-refractivity contribution >= 4 is 0 Å². The first-order chi connectivity index (χ1) is 6.07. The van der Waals surface area contributed by atoms with Crippen molar-refractivity contribution in [3.63, 3.8) is 0 Å². The molecular weight excluding hydrogens is 158 g/mol. The van der Waals surface area contributed by atoms with E-state index in [1.54, 1.807) is 0 Å². The summed E-state index contributed by atoms with van der Waals surface area (Å²) in [5.74, 6) is 0.809. The van der Waals surface area contributed by atoms with Gasteiger partial charge in [-0.25, -0.2) is 0 Å². The monoisotopic (exact) mass is 183 g/mol. The Bertz CT molecular complexity index is 149. The fourth-order valence-electron chi connectivity index (χ4n) is 1.92. The van der Waals surface area contributed by atoms with Gasteiger partial charge >= 0.3 is 0 Å². The van der Waals surface area contributed by atoms with Gasteiger partial charge in [0.05, 0.1) is 0 Å². The third-order valence-corrected chi connectivity index (χ3v) is 3.91. The second-order valence-corrected chi connectivity index (χ2v) is 5.22. The van der Waals surface area contributed by atoms with Crippen molar-refractivity contribution in [3.05, 3.63) is 0 Å². The SMILES string of the molecule is CCC(C)C(C)NCC1(C)CCC1. The molecule has 0 saturated heterocycles. The lowest BCUT2D eigenvalue weighted by atomic mass is 9.70. The van der Waals surface area contributed by atoms with Crippen LogP contribution >= 0.6 is 0 Å². The van der Waals surface area contributed by atoms with Crippen LogP contribution in [-0.2, 0) is 0 Å². The van der Waals surface area contributed by atoms with E-state index < -0.39 is 0 Å². The summed E-state index contributed by atoms with van der Waals surface area (Å²) in [5, 5.41) is 3.68. The smallest absolute Gasteiger partial charge is 0.00644 e. The predicted octanol–water partition coefficient (Wildman–Crippen LogP) is 3.20. The molecule has 1 rings (SSSR count). The molecule has 0 bridgehead atoms. The average molecular weight is 183 g/mol. The second kappa shape index (κ2) is 4.45. The number of hydrogen-bond donors (Lipinski definition) is 1. The minimum atomic E-state index is 0.627. The van der Waals surface area contributed by atoms with Crippen molar-refractivity contribution in [2.45, 2.75) is 59.4 Å². The number of rotatable bonds is 5. The van der Waals surface area contributed by atoms with Crippen LogP contribution in [0.25, 0.3) is 0 Å². The van der Waals surface area contributed by atoms with E-state index in [0.29, 0.717) is 11.5 Å². The van der Waals surface area contributed by atoms with E-state index in [4.69, 9.17) is 0 Å². The maximum absolute atomic E-state index is 3.68. The van der Waals surface area contributed by atoms with Gasteiger partial charge in [-0.15, -0.1) is 0 Å². The van der Waals surface area contributed by atoms with Gasteiger partial charge in [-0.05, 0) is 31.1 Å². The number of nitrogens with one attached hydrogen (secondary N) is 1. The molecule has 0 aromatic heterocycles. The van der Waals surface area contributed by atoms with Gasteiger partial charge in [0.2, 0.25) is 0 Å². The van der Waals surface area contributed by atoms with E-state index in [1.807, 2.05) is 0 Å². The fourth-order valence-corrected chi connectivity index (χ4v) is 1.92. The van der Waals surface area contributed by atoms with Gasteiger partial charge in [-0.3, -0.25) is 0 Å². The van der Waals surface area contributed by atoms with Gasteiger partial charge in [0.25, 0.3) is 0 Å². The van der Waals surface area contributed by atoms with Crippen LogP contribution in [-0.4, -0.2) is 12.6 Å². The Labute approximate surface area is 83.3 Å². The minimum Gasteiger partial charge on any atom is -0.313 e. The molecule has 2 unspecified atom stereocenters. The van der Waals surface area contributed by atoms with Crippen LogP contribution in [0.5, 0.6) is 0 Å². The molecule has 0 aromatic rings. The Hall–Kier alpha value is -0.0400. The van der Waals surface area contributed by atoms with E-state index >= 15 is 0 Å². The van der Waals surface area contributed by atoms with Crippen molar-refractivity contribution in [2.24, 2.45) is 11.3 Å². The summed E-state index contributed by atoms with van der Waals surface area (Å²) in [6.45, 7) is 10.6. The first-order valence-electron chi connectivity index (χ1n) is 5.81. The van der Waals surface area contributed by atoms with Gasteiger partial charge in [0, 0.05) is 12.6 Å². The summed E-state index contributed by atoms with van der Waals surface area (Å²) in [7, 11) is 0. The van der Waals surface area contributed by atoms with E-state index in [-0.39, 0.29) is 0 Å². The molecule has 1 nitrogen and oxygen atoms in total. The lowest BCUT2D eigenvalue weighted by Crippen LogP contribution is -2.42. The molecule has 78 valence electrons. The summed E-state index contributed by atoms with van der Waals surface area (Å²) >= 11 is 0. The minimum absolute atomic E-state index is 0.627. The van der Waals surface area contributed by atoms with E-state index in [1.165, 1.54) is 32.2 Å². The van der Waals surface area contributed by atoms with Crippen LogP contribution < -0.4 is 5.32 Å². The third-order valence-electron chi connectivity index (χ3n) is 3.91. The molecular formula is C12H25N. The quantitative estimate of drug-likeness (QED) is 0.690. The van der Waals surface area contributed by atoms with Crippen LogP contribution in [0.3, 0.4) is 0 Å². The highest BCUT2D eigenvalue weighted by Gasteiger charge is 2.31. The Morgan fingerprint density at radius 1 is 1.31 bits per heavy atom. The molecule has 1 heteroatoms. The molecule has 1 N–H and O–H groups in total. The molecule has 13 heavy (non-hydrogen) atoms. The topological polar surface area (TPSA) is 12.0 Å². The molecule has 0 heterocycles. The highest BCUT2D eigenvalue weighted by atomic mass is 14.9. The van der Waals surface area contributed by atoms with E-state index in [9.17, 15) is 0 Å². The van der Waals surface area contributed by atoms with Crippen LogP contribution in [0.15, 0.2) is 0 Å². The van der Waals surface area contributed by atoms with Crippen molar-refractivity contribution in [2.75, 3.05) is 6.54 Å². The lowest BCUT2D eigenvalue weighted by molar-refractivity contribution is 0.146. The van der Waals surface area contributed by atoms with Crippen molar-refractivity contribution in [1.82, 2.24) is 5.32 Å². The molecule has 0 radical (unpaired) electrons. The highest BCUT2D eigenvalue weighted by molar-refractivity contribution is 4.86. The van der Waals surface area contributed by atoms with Gasteiger partial charge in [-0.2, -0.15) is 0 Å². The van der Waals surface area contributed by atoms with Gasteiger partial charge < -0.3 is 5.32 Å². The van der Waals surface area contributed by atoms with E-state index in [0.717, 1.165) is 5.92 Å². The molecule has 1 fully saturated rings. The third kappa shape index (κ3) is 2.98. The Kier molecular flexibility index (Phi) is 3.78. The zero-order valence-electron chi connectivity index (χ0n) is 9.69. The molecule has 2 atom stereocenters. The standard InChI is InChI=1S/C12H25N/c1-5-10(2)11(3)13-9-12(4)7-6-8-12/h10-11,13H,5-9H2,1-4H3. The first kappa shape index (κ1) is 11.0. The average Bonchev–Trinajstić information content (AvgIpc) is 2.09. The summed E-state index contributed by atoms with van der Waals surface area (Å²) < 4.78 is 0. The summed E-state index contributed by atoms with van der Waals surface area (Å²) in [5.41, 5.74) is 0.627. The zero-order valence-corrected chi connectivity index (χ0v) is 9.69. The zero-order chi connectivity index (χ0) is 9.90. The summed E-state index contributed by atoms with van der Waals surface area (Å²) in [6, 6.07) is 0.683. The predicted molar refractivity (Wildman–Crippen MR) is 58.9 cm³/mol. The second-order valence-electron chi connectivity index (χ2n) is 5.22. The Balaban J connectivity index is 2.17. The van der Waals surface area contributed by atoms with Gasteiger partial charge in [-0.1, -0.05) is 33.6 Å². The Morgan fingerprint density at radius 2 is 1.92 bits per heavy atom. The van der Waals surface area contributed by atoms with Crippen molar-refractivity contribution < 1.29 is 0 Å². The van der Waals surface area contributed by atoms with Crippen LogP contribution in [0.1, 0.15) is 53.4 Å². The van der Waals surface area contributed by atoms with Crippen LogP contribution in [0.4, 0.5) is 0 Å². The van der Waals surface area contributed by atoms with Crippen molar-refractivity contribution in [3.8, 4) is 0 Å². The van der Waals surface area contributed by atoms with Gasteiger partial charge in [0.15, 0.2) is 0 Å². The summed E-state index contributed by atoms with van der Waals surface area (Å²) in [6.07, 6.45) is 5.57. The molecule has 1 aliphatic carbocycles. The molecule has 0 amide bonds. The highest BCUT2D eigenvalue weighted by Crippen LogP contribution is 2.39. The van der Waals surface area contributed by atoms with Gasteiger partial charge in [0.1, 0.15) is 0 Å². The maximum atomic E-state index is 3.68. The molecule has 0 spiro atoms. The van der Waals surface area contributed by atoms with Crippen LogP contribution in [0.2, 0.25) is 0 Å².